The van der Waals surface area contributed by atoms with Crippen LogP contribution in [0.3, 0.4) is 0 Å². The zero-order chi connectivity index (χ0) is 22.9. The topological polar surface area (TPSA) is 107 Å². The van der Waals surface area contributed by atoms with Crippen molar-refractivity contribution in [2.45, 2.75) is 25.0 Å². The Bertz CT molecular complexity index is 1270. The van der Waals surface area contributed by atoms with Crippen LogP contribution in [0.1, 0.15) is 34.3 Å². The average Bonchev–Trinajstić information content (AvgIpc) is 3.42. The van der Waals surface area contributed by atoms with Gasteiger partial charge in [0.25, 0.3) is 0 Å². The Morgan fingerprint density at radius 2 is 1.76 bits per heavy atom. The third kappa shape index (κ3) is 3.97. The van der Waals surface area contributed by atoms with Crippen LogP contribution in [-0.2, 0) is 4.74 Å². The Kier molecular flexibility index (Phi) is 5.58. The molecule has 2 unspecified atom stereocenters. The first-order valence-electron chi connectivity index (χ1n) is 10.9. The van der Waals surface area contributed by atoms with Gasteiger partial charge >= 0.3 is 6.09 Å². The third-order valence-corrected chi connectivity index (χ3v) is 6.31. The van der Waals surface area contributed by atoms with E-state index in [1.165, 1.54) is 0 Å². The third-order valence-electron chi connectivity index (χ3n) is 6.31. The summed E-state index contributed by atoms with van der Waals surface area (Å²) in [5, 5.41) is 31.4. The van der Waals surface area contributed by atoms with Crippen LogP contribution in [0.5, 0.6) is 0 Å². The number of nitrogens with zero attached hydrogens (tertiary/aromatic N) is 1. The highest BCUT2D eigenvalue weighted by atomic mass is 16.5. The molecule has 0 saturated carbocycles. The molecule has 168 valence electrons. The quantitative estimate of drug-likeness (QED) is 0.363. The molecule has 0 fully saturated rings. The average molecular weight is 444 g/mol. The smallest absolute Gasteiger partial charge is 0.407 e. The monoisotopic (exact) mass is 443 g/mol. The summed E-state index contributed by atoms with van der Waals surface area (Å²) < 4.78 is 5.49. The number of benzene rings is 3. The lowest BCUT2D eigenvalue weighted by atomic mass is 9.97. The van der Waals surface area contributed by atoms with Crippen molar-refractivity contribution >= 4 is 17.0 Å². The van der Waals surface area contributed by atoms with Gasteiger partial charge in [0.15, 0.2) is 0 Å². The number of aliphatic hydroxyl groups excluding tert-OH is 2. The van der Waals surface area contributed by atoms with Gasteiger partial charge in [-0.25, -0.2) is 4.79 Å². The molecule has 0 saturated heterocycles. The van der Waals surface area contributed by atoms with Crippen LogP contribution in [0, 0.1) is 6.92 Å². The van der Waals surface area contributed by atoms with Gasteiger partial charge in [-0.05, 0) is 52.4 Å². The Morgan fingerprint density at radius 1 is 1.09 bits per heavy atom. The number of nitrogens with one attached hydrogen (secondary N) is 2. The second-order valence-electron chi connectivity index (χ2n) is 8.38. The zero-order valence-electron chi connectivity index (χ0n) is 18.2. The summed E-state index contributed by atoms with van der Waals surface area (Å²) in [5.74, 6) is -0.0389. The fourth-order valence-electron chi connectivity index (χ4n) is 4.59. The van der Waals surface area contributed by atoms with Crippen molar-refractivity contribution in [2.24, 2.45) is 0 Å². The van der Waals surface area contributed by atoms with Crippen molar-refractivity contribution in [3.8, 4) is 11.1 Å². The Labute approximate surface area is 191 Å². The maximum Gasteiger partial charge on any atom is 0.407 e. The number of aliphatic hydroxyl groups is 2. The minimum absolute atomic E-state index is 0.0389. The van der Waals surface area contributed by atoms with Crippen LogP contribution in [-0.4, -0.2) is 45.8 Å². The van der Waals surface area contributed by atoms with Gasteiger partial charge in [-0.15, -0.1) is 0 Å². The number of alkyl carbamates (subject to hydrolysis) is 1. The largest absolute Gasteiger partial charge is 0.449 e. The summed E-state index contributed by atoms with van der Waals surface area (Å²) in [6, 6.07) is 19.9. The molecular formula is C26H25N3O4. The number of fused-ring (bicyclic) bond motifs is 4. The Morgan fingerprint density at radius 3 is 2.45 bits per heavy atom. The van der Waals surface area contributed by atoms with Crippen molar-refractivity contribution in [1.29, 1.82) is 0 Å². The van der Waals surface area contributed by atoms with E-state index in [0.717, 1.165) is 38.7 Å². The molecule has 5 rings (SSSR count). The fourth-order valence-corrected chi connectivity index (χ4v) is 4.59. The van der Waals surface area contributed by atoms with Crippen LogP contribution in [0.4, 0.5) is 4.79 Å². The number of H-pyrrole nitrogens is 1. The van der Waals surface area contributed by atoms with Crippen molar-refractivity contribution in [1.82, 2.24) is 15.5 Å². The molecule has 1 amide bonds. The highest BCUT2D eigenvalue weighted by molar-refractivity contribution is 5.80. The first kappa shape index (κ1) is 21.2. The summed E-state index contributed by atoms with van der Waals surface area (Å²) in [6.07, 6.45) is -1.32. The lowest BCUT2D eigenvalue weighted by molar-refractivity contribution is 0.0183. The second-order valence-corrected chi connectivity index (χ2v) is 8.38. The van der Waals surface area contributed by atoms with E-state index < -0.39 is 18.3 Å². The first-order valence-corrected chi connectivity index (χ1v) is 10.9. The van der Waals surface area contributed by atoms with Gasteiger partial charge in [-0.2, -0.15) is 5.10 Å². The van der Waals surface area contributed by atoms with Crippen LogP contribution >= 0.6 is 0 Å². The Balaban J connectivity index is 1.20. The molecule has 7 heteroatoms. The van der Waals surface area contributed by atoms with E-state index in [2.05, 4.69) is 39.8 Å². The van der Waals surface area contributed by atoms with Crippen molar-refractivity contribution in [2.75, 3.05) is 13.2 Å². The summed E-state index contributed by atoms with van der Waals surface area (Å²) >= 11 is 0. The van der Waals surface area contributed by atoms with Crippen LogP contribution < -0.4 is 5.32 Å². The SMILES string of the molecule is Cc1cc2[nH]ncc2cc1C(O)C(O)CNC(=O)OCC1c2ccccc2-c2ccccc21. The van der Waals surface area contributed by atoms with E-state index in [1.807, 2.05) is 37.3 Å². The lowest BCUT2D eigenvalue weighted by Gasteiger charge is -2.21. The minimum Gasteiger partial charge on any atom is -0.449 e. The number of amides is 1. The van der Waals surface area contributed by atoms with E-state index in [1.54, 1.807) is 12.3 Å². The predicted octanol–water partition coefficient (Wildman–Crippen LogP) is 3.80. The first-order chi connectivity index (χ1) is 16.0. The molecule has 0 radical (unpaired) electrons. The van der Waals surface area contributed by atoms with E-state index in [0.29, 0.717) is 5.56 Å². The Hall–Kier alpha value is -3.68. The number of hydrogen-bond acceptors (Lipinski definition) is 5. The van der Waals surface area contributed by atoms with Gasteiger partial charge in [-0.3, -0.25) is 5.10 Å². The molecule has 7 nitrogen and oxygen atoms in total. The van der Waals surface area contributed by atoms with Gasteiger partial charge < -0.3 is 20.3 Å². The summed E-state index contributed by atoms with van der Waals surface area (Å²) in [5.41, 5.74) is 6.84. The van der Waals surface area contributed by atoms with Gasteiger partial charge in [0.05, 0.1) is 11.7 Å². The number of carbonyl (C=O) groups excluding carboxylic acids is 1. The molecule has 0 spiro atoms. The van der Waals surface area contributed by atoms with E-state index in [4.69, 9.17) is 4.74 Å². The molecule has 1 aliphatic carbocycles. The van der Waals surface area contributed by atoms with Crippen LogP contribution in [0.2, 0.25) is 0 Å². The van der Waals surface area contributed by atoms with Crippen molar-refractivity contribution in [3.05, 3.63) is 89.1 Å². The highest BCUT2D eigenvalue weighted by Gasteiger charge is 2.29. The highest BCUT2D eigenvalue weighted by Crippen LogP contribution is 2.44. The van der Waals surface area contributed by atoms with Crippen LogP contribution in [0.25, 0.3) is 22.0 Å². The van der Waals surface area contributed by atoms with Crippen molar-refractivity contribution in [3.63, 3.8) is 0 Å². The van der Waals surface area contributed by atoms with Gasteiger partial charge in [0.1, 0.15) is 18.8 Å². The molecule has 4 N–H and O–H groups in total. The number of ether oxygens (including phenoxy) is 1. The van der Waals surface area contributed by atoms with Crippen molar-refractivity contribution < 1.29 is 19.7 Å². The summed E-state index contributed by atoms with van der Waals surface area (Å²) in [7, 11) is 0. The molecular weight excluding hydrogens is 418 g/mol. The number of aromatic nitrogens is 2. The van der Waals surface area contributed by atoms with E-state index in [-0.39, 0.29) is 19.1 Å². The summed E-state index contributed by atoms with van der Waals surface area (Å²) in [4.78, 5) is 12.4. The number of hydrogen-bond donors (Lipinski definition) is 4. The number of carbonyl (C=O) groups is 1. The molecule has 1 heterocycles. The maximum atomic E-state index is 12.4. The zero-order valence-corrected chi connectivity index (χ0v) is 18.2. The molecule has 3 aromatic carbocycles. The number of aryl methyl sites for hydroxylation is 1. The predicted molar refractivity (Wildman–Crippen MR) is 125 cm³/mol. The molecule has 0 bridgehead atoms. The number of rotatable bonds is 6. The normalized spacial score (nSPS) is 14.5. The molecule has 33 heavy (non-hydrogen) atoms. The van der Waals surface area contributed by atoms with Gasteiger partial charge in [-0.1, -0.05) is 48.5 Å². The molecule has 4 aromatic rings. The molecule has 1 aliphatic rings. The fraction of sp³-hybridized carbons (Fsp3) is 0.231. The summed E-state index contributed by atoms with van der Waals surface area (Å²) in [6.45, 7) is 1.90. The molecule has 2 atom stereocenters. The van der Waals surface area contributed by atoms with E-state index >= 15 is 0 Å². The standard InChI is InChI=1S/C26H25N3O4/c1-15-10-23-16(12-28-29-23)11-21(15)25(31)24(30)13-27-26(32)33-14-22-19-8-4-2-6-17(19)18-7-3-5-9-20(18)22/h2-12,22,24-25,30-31H,13-14H2,1H3,(H,27,32)(H,28,29). The molecule has 1 aromatic heterocycles. The molecule has 0 aliphatic heterocycles. The van der Waals surface area contributed by atoms with Gasteiger partial charge in [0.2, 0.25) is 0 Å². The second kappa shape index (κ2) is 8.69. The van der Waals surface area contributed by atoms with Crippen LogP contribution in [0.15, 0.2) is 66.9 Å². The van der Waals surface area contributed by atoms with Gasteiger partial charge in [0, 0.05) is 17.8 Å². The van der Waals surface area contributed by atoms with E-state index in [9.17, 15) is 15.0 Å². The number of aromatic amines is 1. The minimum atomic E-state index is -1.19. The maximum absolute atomic E-state index is 12.4. The lowest BCUT2D eigenvalue weighted by Crippen LogP contribution is -2.36.